The lowest BCUT2D eigenvalue weighted by atomic mass is 10.1. The summed E-state index contributed by atoms with van der Waals surface area (Å²) in [6.07, 6.45) is 1.64. The first-order valence-corrected chi connectivity index (χ1v) is 7.38. The van der Waals surface area contributed by atoms with Crippen LogP contribution in [-0.2, 0) is 11.3 Å². The van der Waals surface area contributed by atoms with Crippen molar-refractivity contribution in [1.82, 2.24) is 9.88 Å². The van der Waals surface area contributed by atoms with Crippen molar-refractivity contribution in [2.75, 3.05) is 5.88 Å². The summed E-state index contributed by atoms with van der Waals surface area (Å²) in [7, 11) is 0. The van der Waals surface area contributed by atoms with Crippen LogP contribution in [0.15, 0.2) is 27.4 Å². The molecule has 2 aromatic rings. The molecule has 0 N–H and O–H groups in total. The van der Waals surface area contributed by atoms with Gasteiger partial charge in [0.05, 0.1) is 18.8 Å². The standard InChI is InChI=1S/C13H15ClN2O2S/c1-9(11-3-4-19-8-11)16(13(17)5-14)7-12-6-15-10(2)18-12/h3-4,6,8-9H,5,7H2,1-2H3/t9-/m1/s1. The highest BCUT2D eigenvalue weighted by Gasteiger charge is 2.22. The third-order valence-corrected chi connectivity index (χ3v) is 3.85. The Hall–Kier alpha value is -1.33. The molecule has 0 unspecified atom stereocenters. The maximum atomic E-state index is 12.0. The smallest absolute Gasteiger partial charge is 0.238 e. The minimum atomic E-state index is -0.116. The second kappa shape index (κ2) is 6.21. The van der Waals surface area contributed by atoms with Crippen molar-refractivity contribution >= 4 is 28.8 Å². The zero-order chi connectivity index (χ0) is 13.8. The number of amides is 1. The largest absolute Gasteiger partial charge is 0.444 e. The van der Waals surface area contributed by atoms with Crippen LogP contribution in [0.2, 0.25) is 0 Å². The maximum Gasteiger partial charge on any atom is 0.238 e. The second-order valence-corrected chi connectivity index (χ2v) is 5.28. The van der Waals surface area contributed by atoms with Crippen LogP contribution in [0.3, 0.4) is 0 Å². The number of hydrogen-bond acceptors (Lipinski definition) is 4. The fourth-order valence-electron chi connectivity index (χ4n) is 1.86. The predicted octanol–water partition coefficient (Wildman–Crippen LogP) is 3.37. The van der Waals surface area contributed by atoms with Crippen LogP contribution in [0.4, 0.5) is 0 Å². The van der Waals surface area contributed by atoms with Crippen LogP contribution in [0.25, 0.3) is 0 Å². The van der Waals surface area contributed by atoms with Crippen LogP contribution in [0.5, 0.6) is 0 Å². The first-order chi connectivity index (χ1) is 9.11. The molecule has 0 fully saturated rings. The van der Waals surface area contributed by atoms with E-state index in [9.17, 15) is 4.79 Å². The van der Waals surface area contributed by atoms with Gasteiger partial charge in [0.15, 0.2) is 5.89 Å². The van der Waals surface area contributed by atoms with E-state index < -0.39 is 0 Å². The summed E-state index contributed by atoms with van der Waals surface area (Å²) >= 11 is 7.30. The van der Waals surface area contributed by atoms with Gasteiger partial charge in [-0.2, -0.15) is 11.3 Å². The quantitative estimate of drug-likeness (QED) is 0.795. The summed E-state index contributed by atoms with van der Waals surface area (Å²) in [6, 6.07) is 1.97. The molecule has 0 radical (unpaired) electrons. The molecule has 19 heavy (non-hydrogen) atoms. The first kappa shape index (κ1) is 14.1. The highest BCUT2D eigenvalue weighted by molar-refractivity contribution is 7.07. The van der Waals surface area contributed by atoms with Gasteiger partial charge < -0.3 is 9.32 Å². The highest BCUT2D eigenvalue weighted by atomic mass is 35.5. The van der Waals surface area contributed by atoms with E-state index in [1.807, 2.05) is 23.8 Å². The summed E-state index contributed by atoms with van der Waals surface area (Å²) < 4.78 is 5.43. The summed E-state index contributed by atoms with van der Waals surface area (Å²) in [4.78, 5) is 17.7. The Balaban J connectivity index is 2.18. The van der Waals surface area contributed by atoms with E-state index >= 15 is 0 Å². The van der Waals surface area contributed by atoms with Gasteiger partial charge in [-0.25, -0.2) is 4.98 Å². The molecular formula is C13H15ClN2O2S. The average Bonchev–Trinajstić information content (AvgIpc) is 3.05. The zero-order valence-corrected chi connectivity index (χ0v) is 12.4. The molecule has 0 aliphatic carbocycles. The van der Waals surface area contributed by atoms with Crippen LogP contribution >= 0.6 is 22.9 Å². The topological polar surface area (TPSA) is 46.3 Å². The lowest BCUT2D eigenvalue weighted by Crippen LogP contribution is -2.33. The van der Waals surface area contributed by atoms with Gasteiger partial charge in [0.2, 0.25) is 5.91 Å². The number of aromatic nitrogens is 1. The van der Waals surface area contributed by atoms with Gasteiger partial charge in [-0.05, 0) is 29.3 Å². The molecule has 0 saturated carbocycles. The van der Waals surface area contributed by atoms with Crippen molar-refractivity contribution in [3.8, 4) is 0 Å². The van der Waals surface area contributed by atoms with E-state index in [2.05, 4.69) is 4.98 Å². The van der Waals surface area contributed by atoms with E-state index in [4.69, 9.17) is 16.0 Å². The van der Waals surface area contributed by atoms with Crippen molar-refractivity contribution in [2.24, 2.45) is 0 Å². The number of nitrogens with zero attached hydrogens (tertiary/aromatic N) is 2. The number of halogens is 1. The van der Waals surface area contributed by atoms with Crippen LogP contribution < -0.4 is 0 Å². The molecule has 0 aliphatic rings. The Morgan fingerprint density at radius 1 is 1.63 bits per heavy atom. The van der Waals surface area contributed by atoms with Gasteiger partial charge in [0.25, 0.3) is 0 Å². The third kappa shape index (κ3) is 3.36. The second-order valence-electron chi connectivity index (χ2n) is 4.23. The van der Waals surface area contributed by atoms with Gasteiger partial charge in [0, 0.05) is 6.92 Å². The van der Waals surface area contributed by atoms with Gasteiger partial charge in [-0.15, -0.1) is 11.6 Å². The fourth-order valence-corrected chi connectivity index (χ4v) is 2.76. The Morgan fingerprint density at radius 3 is 2.95 bits per heavy atom. The normalized spacial score (nSPS) is 12.4. The number of alkyl halides is 1. The molecule has 1 amide bonds. The Labute approximate surface area is 121 Å². The highest BCUT2D eigenvalue weighted by Crippen LogP contribution is 2.24. The predicted molar refractivity (Wildman–Crippen MR) is 75.2 cm³/mol. The minimum absolute atomic E-state index is 0.0390. The van der Waals surface area contributed by atoms with E-state index in [-0.39, 0.29) is 17.8 Å². The molecule has 0 spiro atoms. The monoisotopic (exact) mass is 298 g/mol. The molecule has 6 heteroatoms. The fraction of sp³-hybridized carbons (Fsp3) is 0.385. The van der Waals surface area contributed by atoms with Gasteiger partial charge >= 0.3 is 0 Å². The Bertz CT molecular complexity index is 539. The third-order valence-electron chi connectivity index (χ3n) is 2.92. The summed E-state index contributed by atoms with van der Waals surface area (Å²) in [5.74, 6) is 1.10. The Kier molecular flexibility index (Phi) is 4.61. The Morgan fingerprint density at radius 2 is 2.42 bits per heavy atom. The SMILES string of the molecule is Cc1ncc(CN(C(=O)CCl)[C@H](C)c2ccsc2)o1. The molecule has 2 heterocycles. The first-order valence-electron chi connectivity index (χ1n) is 5.90. The zero-order valence-electron chi connectivity index (χ0n) is 10.8. The molecule has 0 aromatic carbocycles. The van der Waals surface area contributed by atoms with Gasteiger partial charge in [-0.3, -0.25) is 4.79 Å². The van der Waals surface area contributed by atoms with Crippen molar-refractivity contribution < 1.29 is 9.21 Å². The van der Waals surface area contributed by atoms with Crippen molar-refractivity contribution in [3.05, 3.63) is 40.2 Å². The molecular weight excluding hydrogens is 284 g/mol. The number of carbonyl (C=O) groups is 1. The van der Waals surface area contributed by atoms with Gasteiger partial charge in [0.1, 0.15) is 11.6 Å². The van der Waals surface area contributed by atoms with Crippen LogP contribution in [0.1, 0.15) is 30.2 Å². The molecule has 2 aromatic heterocycles. The van der Waals surface area contributed by atoms with Crippen molar-refractivity contribution in [3.63, 3.8) is 0 Å². The lowest BCUT2D eigenvalue weighted by molar-refractivity contribution is -0.131. The molecule has 2 rings (SSSR count). The minimum Gasteiger partial charge on any atom is -0.444 e. The molecule has 0 bridgehead atoms. The van der Waals surface area contributed by atoms with E-state index in [1.54, 1.807) is 29.4 Å². The number of oxazole rings is 1. The summed E-state index contributed by atoms with van der Waals surface area (Å²) in [5.41, 5.74) is 1.10. The molecule has 102 valence electrons. The number of hydrogen-bond donors (Lipinski definition) is 0. The molecule has 0 saturated heterocycles. The van der Waals surface area contributed by atoms with Crippen molar-refractivity contribution in [2.45, 2.75) is 26.4 Å². The number of carbonyl (C=O) groups excluding carboxylic acids is 1. The molecule has 0 aliphatic heterocycles. The van der Waals surface area contributed by atoms with Crippen LogP contribution in [-0.4, -0.2) is 21.7 Å². The maximum absolute atomic E-state index is 12.0. The van der Waals surface area contributed by atoms with Gasteiger partial charge in [-0.1, -0.05) is 0 Å². The van der Waals surface area contributed by atoms with E-state index in [1.165, 1.54) is 0 Å². The number of thiophene rings is 1. The number of rotatable bonds is 5. The number of aryl methyl sites for hydroxylation is 1. The molecule has 4 nitrogen and oxygen atoms in total. The molecule has 1 atom stereocenters. The summed E-state index contributed by atoms with van der Waals surface area (Å²) in [5, 5.41) is 4.03. The lowest BCUT2D eigenvalue weighted by Gasteiger charge is -2.27. The van der Waals surface area contributed by atoms with Crippen LogP contribution in [0, 0.1) is 6.92 Å². The van der Waals surface area contributed by atoms with Crippen molar-refractivity contribution in [1.29, 1.82) is 0 Å². The van der Waals surface area contributed by atoms with E-state index in [0.717, 1.165) is 5.56 Å². The summed E-state index contributed by atoms with van der Waals surface area (Å²) in [6.45, 7) is 4.14. The van der Waals surface area contributed by atoms with E-state index in [0.29, 0.717) is 18.2 Å². The average molecular weight is 299 g/mol.